The Morgan fingerprint density at radius 1 is 1.30 bits per heavy atom. The van der Waals surface area contributed by atoms with Crippen LogP contribution >= 0.6 is 0 Å². The van der Waals surface area contributed by atoms with Crippen molar-refractivity contribution in [3.63, 3.8) is 0 Å². The van der Waals surface area contributed by atoms with E-state index in [-0.39, 0.29) is 11.6 Å². The van der Waals surface area contributed by atoms with E-state index in [2.05, 4.69) is 15.5 Å². The van der Waals surface area contributed by atoms with Crippen molar-refractivity contribution in [2.24, 2.45) is 0 Å². The van der Waals surface area contributed by atoms with Crippen molar-refractivity contribution in [3.05, 3.63) is 23.8 Å². The van der Waals surface area contributed by atoms with Crippen LogP contribution in [0.1, 0.15) is 30.1 Å². The molecule has 20 heavy (non-hydrogen) atoms. The second-order valence-electron chi connectivity index (χ2n) is 4.72. The predicted molar refractivity (Wildman–Crippen MR) is 77.5 cm³/mol. The van der Waals surface area contributed by atoms with Crippen LogP contribution in [0.5, 0.6) is 0 Å². The quantitative estimate of drug-likeness (QED) is 0.787. The zero-order chi connectivity index (χ0) is 14.5. The average molecular weight is 277 g/mol. The molecule has 1 aliphatic rings. The van der Waals surface area contributed by atoms with Crippen molar-refractivity contribution in [2.45, 2.75) is 19.8 Å². The monoisotopic (exact) mass is 277 g/mol. The van der Waals surface area contributed by atoms with Crippen molar-refractivity contribution in [1.29, 1.82) is 0 Å². The van der Waals surface area contributed by atoms with E-state index in [9.17, 15) is 9.59 Å². The highest BCUT2D eigenvalue weighted by Crippen LogP contribution is 2.30. The summed E-state index contributed by atoms with van der Waals surface area (Å²) in [5.41, 5.74) is 1.64. The number of carbonyl (C=O) groups is 2. The Morgan fingerprint density at radius 3 is 2.60 bits per heavy atom. The molecule has 1 aliphatic heterocycles. The number of benzene rings is 1. The molecule has 1 aromatic carbocycles. The van der Waals surface area contributed by atoms with Gasteiger partial charge in [-0.15, -0.1) is 0 Å². The van der Waals surface area contributed by atoms with Gasteiger partial charge in [-0.3, -0.25) is 0 Å². The van der Waals surface area contributed by atoms with Gasteiger partial charge in [0.1, 0.15) is 0 Å². The lowest BCUT2D eigenvalue weighted by Gasteiger charge is -2.22. The Balaban J connectivity index is 2.29. The average Bonchev–Trinajstić information content (AvgIpc) is 2.93. The molecule has 1 aromatic rings. The van der Waals surface area contributed by atoms with Crippen LogP contribution in [0.15, 0.2) is 18.2 Å². The van der Waals surface area contributed by atoms with Gasteiger partial charge >= 0.3 is 12.0 Å². The second-order valence-corrected chi connectivity index (χ2v) is 4.72. The topological polar surface area (TPSA) is 81.7 Å². The summed E-state index contributed by atoms with van der Waals surface area (Å²) in [5, 5.41) is 14.5. The summed E-state index contributed by atoms with van der Waals surface area (Å²) in [6.45, 7) is 4.15. The van der Waals surface area contributed by atoms with E-state index in [1.165, 1.54) is 6.07 Å². The van der Waals surface area contributed by atoms with E-state index < -0.39 is 5.97 Å². The van der Waals surface area contributed by atoms with Gasteiger partial charge in [-0.1, -0.05) is 0 Å². The summed E-state index contributed by atoms with van der Waals surface area (Å²) in [4.78, 5) is 24.8. The number of hydrogen-bond acceptors (Lipinski definition) is 3. The Kier molecular flexibility index (Phi) is 4.45. The summed E-state index contributed by atoms with van der Waals surface area (Å²) >= 11 is 0. The van der Waals surface area contributed by atoms with Gasteiger partial charge in [0.05, 0.1) is 16.9 Å². The SMILES string of the molecule is CCNC(=O)Nc1ccc(C(=O)O)cc1N1CCCC1. The van der Waals surface area contributed by atoms with Crippen LogP contribution in [0.25, 0.3) is 0 Å². The Morgan fingerprint density at radius 2 is 2.00 bits per heavy atom. The normalized spacial score (nSPS) is 14.2. The molecule has 1 saturated heterocycles. The first-order chi connectivity index (χ1) is 9.61. The van der Waals surface area contributed by atoms with Crippen LogP contribution in [0.2, 0.25) is 0 Å². The summed E-state index contributed by atoms with van der Waals surface area (Å²) in [7, 11) is 0. The number of urea groups is 1. The number of carbonyl (C=O) groups excluding carboxylic acids is 1. The van der Waals surface area contributed by atoms with Crippen LogP contribution < -0.4 is 15.5 Å². The molecule has 1 fully saturated rings. The first-order valence-corrected chi connectivity index (χ1v) is 6.79. The minimum atomic E-state index is -0.963. The smallest absolute Gasteiger partial charge is 0.335 e. The molecule has 0 bridgehead atoms. The standard InChI is InChI=1S/C14H19N3O3/c1-2-15-14(20)16-11-6-5-10(13(18)19)9-12(11)17-7-3-4-8-17/h5-6,9H,2-4,7-8H2,1H3,(H,18,19)(H2,15,16,20). The number of hydrogen-bond donors (Lipinski definition) is 3. The van der Waals surface area contributed by atoms with Crippen molar-refractivity contribution >= 4 is 23.4 Å². The van der Waals surface area contributed by atoms with Gasteiger partial charge in [-0.2, -0.15) is 0 Å². The summed E-state index contributed by atoms with van der Waals surface area (Å²) in [6.07, 6.45) is 2.16. The van der Waals surface area contributed by atoms with Gasteiger partial charge in [0.25, 0.3) is 0 Å². The molecule has 6 nitrogen and oxygen atoms in total. The van der Waals surface area contributed by atoms with Gasteiger partial charge in [-0.05, 0) is 38.0 Å². The Hall–Kier alpha value is -2.24. The molecule has 0 aromatic heterocycles. The van der Waals surface area contributed by atoms with Gasteiger partial charge in [-0.25, -0.2) is 9.59 Å². The molecule has 0 atom stereocenters. The minimum absolute atomic E-state index is 0.230. The van der Waals surface area contributed by atoms with Gasteiger partial charge < -0.3 is 20.6 Å². The highest BCUT2D eigenvalue weighted by atomic mass is 16.4. The van der Waals surface area contributed by atoms with Crippen LogP contribution in [0, 0.1) is 0 Å². The van der Waals surface area contributed by atoms with E-state index in [4.69, 9.17) is 5.11 Å². The second kappa shape index (κ2) is 6.27. The molecule has 3 N–H and O–H groups in total. The number of nitrogens with one attached hydrogen (secondary N) is 2. The number of carboxylic acids is 1. The highest BCUT2D eigenvalue weighted by Gasteiger charge is 2.18. The number of anilines is 2. The number of rotatable bonds is 4. The van der Waals surface area contributed by atoms with Crippen molar-refractivity contribution in [3.8, 4) is 0 Å². The lowest BCUT2D eigenvalue weighted by molar-refractivity contribution is 0.0697. The van der Waals surface area contributed by atoms with Crippen molar-refractivity contribution < 1.29 is 14.7 Å². The van der Waals surface area contributed by atoms with Gasteiger partial charge in [0.2, 0.25) is 0 Å². The third-order valence-electron chi connectivity index (χ3n) is 3.28. The molecule has 108 valence electrons. The minimum Gasteiger partial charge on any atom is -0.478 e. The maximum absolute atomic E-state index is 11.6. The molecule has 0 spiro atoms. The van der Waals surface area contributed by atoms with Crippen molar-refractivity contribution in [2.75, 3.05) is 29.9 Å². The predicted octanol–water partition coefficient (Wildman–Crippen LogP) is 2.13. The Labute approximate surface area is 117 Å². The zero-order valence-electron chi connectivity index (χ0n) is 11.5. The third kappa shape index (κ3) is 3.20. The highest BCUT2D eigenvalue weighted by molar-refractivity contribution is 5.96. The van der Waals surface area contributed by atoms with Crippen LogP contribution in [-0.2, 0) is 0 Å². The fourth-order valence-corrected chi connectivity index (χ4v) is 2.32. The van der Waals surface area contributed by atoms with E-state index in [1.54, 1.807) is 12.1 Å². The van der Waals surface area contributed by atoms with Crippen molar-refractivity contribution in [1.82, 2.24) is 5.32 Å². The molecular formula is C14H19N3O3. The van der Waals surface area contributed by atoms with E-state index in [0.717, 1.165) is 31.6 Å². The zero-order valence-corrected chi connectivity index (χ0v) is 11.5. The number of nitrogens with zero attached hydrogens (tertiary/aromatic N) is 1. The molecule has 0 unspecified atom stereocenters. The summed E-state index contributed by atoms with van der Waals surface area (Å²) < 4.78 is 0. The van der Waals surface area contributed by atoms with Gasteiger partial charge in [0, 0.05) is 19.6 Å². The summed E-state index contributed by atoms with van der Waals surface area (Å²) in [5.74, 6) is -0.963. The molecule has 0 aliphatic carbocycles. The summed E-state index contributed by atoms with van der Waals surface area (Å²) in [6, 6.07) is 4.49. The van der Waals surface area contributed by atoms with Crippen LogP contribution in [-0.4, -0.2) is 36.7 Å². The molecule has 2 amide bonds. The van der Waals surface area contributed by atoms with Crippen LogP contribution in [0.4, 0.5) is 16.2 Å². The van der Waals surface area contributed by atoms with E-state index in [1.807, 2.05) is 6.92 Å². The number of aromatic carboxylic acids is 1. The van der Waals surface area contributed by atoms with Gasteiger partial charge in [0.15, 0.2) is 0 Å². The number of amides is 2. The molecule has 1 heterocycles. The largest absolute Gasteiger partial charge is 0.478 e. The maximum Gasteiger partial charge on any atom is 0.335 e. The fourth-order valence-electron chi connectivity index (χ4n) is 2.32. The Bertz CT molecular complexity index is 510. The molecule has 0 radical (unpaired) electrons. The van der Waals surface area contributed by atoms with Crippen LogP contribution in [0.3, 0.4) is 0 Å². The molecular weight excluding hydrogens is 258 g/mol. The fraction of sp³-hybridized carbons (Fsp3) is 0.429. The molecule has 2 rings (SSSR count). The number of carboxylic acid groups (broad SMARTS) is 1. The molecule has 0 saturated carbocycles. The van der Waals surface area contributed by atoms with E-state index >= 15 is 0 Å². The maximum atomic E-state index is 11.6. The lowest BCUT2D eigenvalue weighted by atomic mass is 10.1. The first-order valence-electron chi connectivity index (χ1n) is 6.79. The first kappa shape index (κ1) is 14.2. The van der Waals surface area contributed by atoms with E-state index in [0.29, 0.717) is 12.2 Å². The third-order valence-corrected chi connectivity index (χ3v) is 3.28. The molecule has 6 heteroatoms. The lowest BCUT2D eigenvalue weighted by Crippen LogP contribution is -2.29.